The zero-order chi connectivity index (χ0) is 7.68. The van der Waals surface area contributed by atoms with E-state index in [1.165, 1.54) is 10.5 Å². The topological polar surface area (TPSA) is 0 Å². The second kappa shape index (κ2) is 2.92. The fourth-order valence-electron chi connectivity index (χ4n) is 1.08. The second-order valence-corrected chi connectivity index (χ2v) is 3.89. The quantitative estimate of drug-likeness (QED) is 0.592. The third-order valence-electron chi connectivity index (χ3n) is 1.61. The maximum absolute atomic E-state index is 5.84. The summed E-state index contributed by atoms with van der Waals surface area (Å²) >= 11 is 7.67. The Kier molecular flexibility index (Phi) is 1.93. The zero-order valence-corrected chi connectivity index (χ0v) is 7.45. The minimum Gasteiger partial charge on any atom is -0.121 e. The van der Waals surface area contributed by atoms with Gasteiger partial charge in [-0.1, -0.05) is 29.8 Å². The van der Waals surface area contributed by atoms with Gasteiger partial charge in [0.1, 0.15) is 0 Å². The first-order valence-corrected chi connectivity index (χ1v) is 4.81. The van der Waals surface area contributed by atoms with Crippen LogP contribution in [0.25, 0.3) is 6.08 Å². The van der Waals surface area contributed by atoms with Crippen LogP contribution in [-0.4, -0.2) is 5.75 Å². The Morgan fingerprint density at radius 3 is 3.18 bits per heavy atom. The predicted octanol–water partition coefficient (Wildman–Crippen LogP) is 3.46. The second-order valence-electron chi connectivity index (χ2n) is 2.40. The lowest BCUT2D eigenvalue weighted by Gasteiger charge is -2.08. The molecular formula is C9H7ClS. The summed E-state index contributed by atoms with van der Waals surface area (Å²) in [7, 11) is 0. The van der Waals surface area contributed by atoms with Crippen molar-refractivity contribution in [3.63, 3.8) is 0 Å². The lowest BCUT2D eigenvalue weighted by Crippen LogP contribution is -1.86. The average molecular weight is 183 g/mol. The number of benzene rings is 1. The summed E-state index contributed by atoms with van der Waals surface area (Å²) in [5.74, 6) is 1.06. The van der Waals surface area contributed by atoms with Crippen molar-refractivity contribution in [2.24, 2.45) is 0 Å². The molecule has 1 aliphatic rings. The third kappa shape index (κ3) is 1.44. The third-order valence-corrected chi connectivity index (χ3v) is 2.87. The molecule has 2 rings (SSSR count). The van der Waals surface area contributed by atoms with Gasteiger partial charge in [-0.3, -0.25) is 0 Å². The van der Waals surface area contributed by atoms with Crippen LogP contribution in [0.5, 0.6) is 0 Å². The smallest absolute Gasteiger partial charge is 0.0417 e. The Bertz CT molecular complexity index is 304. The first kappa shape index (κ1) is 7.26. The average Bonchev–Trinajstić information content (AvgIpc) is 2.04. The van der Waals surface area contributed by atoms with E-state index >= 15 is 0 Å². The Hall–Kier alpha value is -0.400. The Morgan fingerprint density at radius 2 is 2.27 bits per heavy atom. The highest BCUT2D eigenvalue weighted by atomic mass is 35.5. The van der Waals surface area contributed by atoms with Crippen molar-refractivity contribution in [1.82, 2.24) is 0 Å². The van der Waals surface area contributed by atoms with E-state index in [1.807, 2.05) is 23.9 Å². The Labute approximate surface area is 75.3 Å². The molecule has 1 heterocycles. The van der Waals surface area contributed by atoms with Gasteiger partial charge in [-0.05, 0) is 17.7 Å². The molecule has 0 spiro atoms. The van der Waals surface area contributed by atoms with E-state index in [0.717, 1.165) is 10.8 Å². The van der Waals surface area contributed by atoms with Gasteiger partial charge in [0.15, 0.2) is 0 Å². The van der Waals surface area contributed by atoms with Crippen LogP contribution in [0.4, 0.5) is 0 Å². The van der Waals surface area contributed by atoms with Crippen molar-refractivity contribution in [3.8, 4) is 0 Å². The van der Waals surface area contributed by atoms with E-state index in [2.05, 4.69) is 18.2 Å². The van der Waals surface area contributed by atoms with Gasteiger partial charge < -0.3 is 0 Å². The normalized spacial score (nSPS) is 14.6. The van der Waals surface area contributed by atoms with Gasteiger partial charge in [-0.25, -0.2) is 0 Å². The fraction of sp³-hybridized carbons (Fsp3) is 0.111. The van der Waals surface area contributed by atoms with Crippen LogP contribution in [0.3, 0.4) is 0 Å². The largest absolute Gasteiger partial charge is 0.121 e. The molecule has 2 heteroatoms. The number of thioether (sulfide) groups is 1. The van der Waals surface area contributed by atoms with Crippen molar-refractivity contribution < 1.29 is 0 Å². The van der Waals surface area contributed by atoms with Gasteiger partial charge in [0.25, 0.3) is 0 Å². The lowest BCUT2D eigenvalue weighted by molar-refractivity contribution is 1.40. The molecule has 0 amide bonds. The van der Waals surface area contributed by atoms with E-state index in [-0.39, 0.29) is 0 Å². The van der Waals surface area contributed by atoms with E-state index in [0.29, 0.717) is 0 Å². The SMILES string of the molecule is Clc1ccc2c(c1)SCC=C2. The van der Waals surface area contributed by atoms with Crippen LogP contribution in [-0.2, 0) is 0 Å². The number of halogens is 1. The van der Waals surface area contributed by atoms with Crippen molar-refractivity contribution in [2.75, 3.05) is 5.75 Å². The number of hydrogen-bond donors (Lipinski definition) is 0. The van der Waals surface area contributed by atoms with Crippen molar-refractivity contribution in [2.45, 2.75) is 4.90 Å². The van der Waals surface area contributed by atoms with Crippen LogP contribution >= 0.6 is 23.4 Å². The van der Waals surface area contributed by atoms with Crippen molar-refractivity contribution >= 4 is 29.4 Å². The Balaban J connectivity index is 2.53. The Morgan fingerprint density at radius 1 is 1.36 bits per heavy atom. The molecule has 0 fully saturated rings. The maximum atomic E-state index is 5.84. The van der Waals surface area contributed by atoms with Crippen LogP contribution in [0.2, 0.25) is 5.02 Å². The molecule has 0 radical (unpaired) electrons. The van der Waals surface area contributed by atoms with Crippen LogP contribution < -0.4 is 0 Å². The highest BCUT2D eigenvalue weighted by Crippen LogP contribution is 2.30. The molecule has 1 aliphatic heterocycles. The highest BCUT2D eigenvalue weighted by Gasteiger charge is 2.03. The lowest BCUT2D eigenvalue weighted by atomic mass is 10.2. The van der Waals surface area contributed by atoms with Gasteiger partial charge in [0.2, 0.25) is 0 Å². The van der Waals surface area contributed by atoms with E-state index < -0.39 is 0 Å². The summed E-state index contributed by atoms with van der Waals surface area (Å²) in [6.07, 6.45) is 4.31. The van der Waals surface area contributed by atoms with Crippen LogP contribution in [0, 0.1) is 0 Å². The summed E-state index contributed by atoms with van der Waals surface area (Å²) < 4.78 is 0. The molecule has 0 N–H and O–H groups in total. The summed E-state index contributed by atoms with van der Waals surface area (Å²) in [6, 6.07) is 6.00. The van der Waals surface area contributed by atoms with E-state index in [1.54, 1.807) is 0 Å². The highest BCUT2D eigenvalue weighted by molar-refractivity contribution is 7.99. The molecular weight excluding hydrogens is 176 g/mol. The van der Waals surface area contributed by atoms with Crippen molar-refractivity contribution in [1.29, 1.82) is 0 Å². The minimum atomic E-state index is 0.826. The molecule has 0 nitrogen and oxygen atoms in total. The van der Waals surface area contributed by atoms with Gasteiger partial charge in [-0.2, -0.15) is 0 Å². The molecule has 0 unspecified atom stereocenters. The maximum Gasteiger partial charge on any atom is 0.0417 e. The zero-order valence-electron chi connectivity index (χ0n) is 5.88. The van der Waals surface area contributed by atoms with Gasteiger partial charge in [0.05, 0.1) is 0 Å². The standard InChI is InChI=1S/C9H7ClS/c10-8-4-3-7-2-1-5-11-9(7)6-8/h1-4,6H,5H2. The summed E-state index contributed by atoms with van der Waals surface area (Å²) in [6.45, 7) is 0. The minimum absolute atomic E-state index is 0.826. The number of rotatable bonds is 0. The molecule has 0 bridgehead atoms. The van der Waals surface area contributed by atoms with Gasteiger partial charge in [-0.15, -0.1) is 11.8 Å². The first-order chi connectivity index (χ1) is 5.36. The molecule has 11 heavy (non-hydrogen) atoms. The van der Waals surface area contributed by atoms with Crippen LogP contribution in [0.1, 0.15) is 5.56 Å². The molecule has 0 atom stereocenters. The molecule has 1 aromatic carbocycles. The number of fused-ring (bicyclic) bond motifs is 1. The fourth-order valence-corrected chi connectivity index (χ4v) is 2.21. The molecule has 0 saturated carbocycles. The molecule has 0 aliphatic carbocycles. The molecule has 56 valence electrons. The van der Waals surface area contributed by atoms with Gasteiger partial charge in [0, 0.05) is 15.7 Å². The molecule has 0 saturated heterocycles. The first-order valence-electron chi connectivity index (χ1n) is 3.45. The summed E-state index contributed by atoms with van der Waals surface area (Å²) in [4.78, 5) is 1.29. The van der Waals surface area contributed by atoms with Gasteiger partial charge >= 0.3 is 0 Å². The molecule has 0 aromatic heterocycles. The number of hydrogen-bond acceptors (Lipinski definition) is 1. The predicted molar refractivity (Wildman–Crippen MR) is 51.2 cm³/mol. The monoisotopic (exact) mass is 182 g/mol. The summed E-state index contributed by atoms with van der Waals surface area (Å²) in [5, 5.41) is 0.826. The molecule has 1 aromatic rings. The van der Waals surface area contributed by atoms with Crippen molar-refractivity contribution in [3.05, 3.63) is 34.9 Å². The van der Waals surface area contributed by atoms with E-state index in [9.17, 15) is 0 Å². The van der Waals surface area contributed by atoms with E-state index in [4.69, 9.17) is 11.6 Å². The van der Waals surface area contributed by atoms with Crippen LogP contribution in [0.15, 0.2) is 29.2 Å². The summed E-state index contributed by atoms with van der Waals surface area (Å²) in [5.41, 5.74) is 1.28.